The van der Waals surface area contributed by atoms with Crippen LogP contribution in [0.2, 0.25) is 0 Å². The van der Waals surface area contributed by atoms with Gasteiger partial charge in [-0.3, -0.25) is 9.78 Å². The molecule has 0 bridgehead atoms. The Labute approximate surface area is 151 Å². The summed E-state index contributed by atoms with van der Waals surface area (Å²) in [5.41, 5.74) is 3.21. The van der Waals surface area contributed by atoms with Gasteiger partial charge in [-0.2, -0.15) is 4.98 Å². The molecule has 0 radical (unpaired) electrons. The summed E-state index contributed by atoms with van der Waals surface area (Å²) < 4.78 is 5.04. The second-order valence-corrected chi connectivity index (χ2v) is 5.64. The molecule has 1 N–H and O–H groups in total. The number of carbonyl (C=O) groups excluding carboxylic acids is 1. The third-order valence-corrected chi connectivity index (χ3v) is 4.00. The van der Waals surface area contributed by atoms with E-state index in [4.69, 9.17) is 4.52 Å². The van der Waals surface area contributed by atoms with Gasteiger partial charge in [0.25, 0.3) is 0 Å². The lowest BCUT2D eigenvalue weighted by atomic mass is 10.1. The Morgan fingerprint density at radius 1 is 1.23 bits per heavy atom. The normalized spacial score (nSPS) is 10.6. The van der Waals surface area contributed by atoms with Crippen LogP contribution >= 0.6 is 0 Å². The van der Waals surface area contributed by atoms with Crippen LogP contribution in [0.5, 0.6) is 0 Å². The van der Waals surface area contributed by atoms with Crippen molar-refractivity contribution in [1.29, 1.82) is 0 Å². The fraction of sp³-hybridized carbons (Fsp3) is 0.278. The predicted octanol–water partition coefficient (Wildman–Crippen LogP) is 2.93. The van der Waals surface area contributed by atoms with Crippen LogP contribution in [0.25, 0.3) is 11.5 Å². The van der Waals surface area contributed by atoms with Crippen LogP contribution in [0.15, 0.2) is 41.3 Å². The van der Waals surface area contributed by atoms with E-state index in [9.17, 15) is 4.79 Å². The number of amides is 1. The minimum atomic E-state index is -0.466. The number of carbonyl (C=O) groups is 1. The van der Waals surface area contributed by atoms with Crippen molar-refractivity contribution < 1.29 is 9.32 Å². The molecular weight excluding hydrogens is 332 g/mol. The molecule has 0 saturated carbocycles. The molecule has 0 saturated heterocycles. The lowest BCUT2D eigenvalue weighted by Crippen LogP contribution is -2.22. The maximum Gasteiger partial charge on any atom is 0.316 e. The molecule has 1 aromatic carbocycles. The van der Waals surface area contributed by atoms with Gasteiger partial charge >= 0.3 is 11.8 Å². The van der Waals surface area contributed by atoms with Gasteiger partial charge in [0.05, 0.1) is 6.20 Å². The summed E-state index contributed by atoms with van der Waals surface area (Å²) in [6.45, 7) is 8.02. The Hall–Kier alpha value is -3.29. The van der Waals surface area contributed by atoms with Crippen molar-refractivity contribution >= 4 is 17.3 Å². The largest absolute Gasteiger partial charge is 0.372 e. The van der Waals surface area contributed by atoms with E-state index in [1.54, 1.807) is 6.20 Å². The molecule has 0 aliphatic heterocycles. The van der Waals surface area contributed by atoms with Crippen LogP contribution in [0.4, 0.5) is 11.4 Å². The van der Waals surface area contributed by atoms with Gasteiger partial charge in [-0.25, -0.2) is 4.98 Å². The smallest absolute Gasteiger partial charge is 0.316 e. The zero-order chi connectivity index (χ0) is 18.5. The van der Waals surface area contributed by atoms with Crippen LogP contribution in [-0.2, 0) is 0 Å². The third-order valence-electron chi connectivity index (χ3n) is 4.00. The molecule has 2 heterocycles. The van der Waals surface area contributed by atoms with E-state index in [-0.39, 0.29) is 11.7 Å². The fourth-order valence-corrected chi connectivity index (χ4v) is 2.58. The van der Waals surface area contributed by atoms with Crippen molar-refractivity contribution in [3.05, 3.63) is 48.2 Å². The quantitative estimate of drug-likeness (QED) is 0.728. The van der Waals surface area contributed by atoms with Gasteiger partial charge in [0.2, 0.25) is 5.82 Å². The number of hydrogen-bond acceptors (Lipinski definition) is 7. The van der Waals surface area contributed by atoms with Crippen LogP contribution in [0.1, 0.15) is 30.1 Å². The Kier molecular flexibility index (Phi) is 5.21. The molecule has 8 nitrogen and oxygen atoms in total. The van der Waals surface area contributed by atoms with E-state index in [0.29, 0.717) is 11.4 Å². The molecular formula is C18H20N6O2. The summed E-state index contributed by atoms with van der Waals surface area (Å²) in [4.78, 5) is 26.7. The topological polar surface area (TPSA) is 97.0 Å². The second-order valence-electron chi connectivity index (χ2n) is 5.64. The van der Waals surface area contributed by atoms with Gasteiger partial charge in [-0.1, -0.05) is 5.16 Å². The number of hydrogen-bond donors (Lipinski definition) is 1. The molecule has 0 unspecified atom stereocenters. The number of nitrogens with one attached hydrogen (secondary N) is 1. The minimum Gasteiger partial charge on any atom is -0.372 e. The standard InChI is InChI=1S/C18H20N6O2/c1-4-24(5-2)13-6-7-14(12(3)10-13)21-17(25)18-22-16(23-26-18)15-11-19-8-9-20-15/h6-11H,4-5H2,1-3H3,(H,21,25). The van der Waals surface area contributed by atoms with Crippen molar-refractivity contribution in [2.75, 3.05) is 23.3 Å². The van der Waals surface area contributed by atoms with Gasteiger partial charge < -0.3 is 14.7 Å². The number of rotatable bonds is 6. The van der Waals surface area contributed by atoms with Crippen LogP contribution in [-0.4, -0.2) is 39.1 Å². The maximum absolute atomic E-state index is 12.4. The molecule has 134 valence electrons. The van der Waals surface area contributed by atoms with E-state index < -0.39 is 5.91 Å². The second kappa shape index (κ2) is 7.73. The molecule has 0 fully saturated rings. The number of anilines is 2. The van der Waals surface area contributed by atoms with Crippen molar-refractivity contribution in [3.8, 4) is 11.5 Å². The van der Waals surface area contributed by atoms with Crippen molar-refractivity contribution in [2.45, 2.75) is 20.8 Å². The van der Waals surface area contributed by atoms with Crippen molar-refractivity contribution in [2.24, 2.45) is 0 Å². The first-order valence-electron chi connectivity index (χ1n) is 8.39. The molecule has 26 heavy (non-hydrogen) atoms. The molecule has 3 aromatic rings. The summed E-state index contributed by atoms with van der Waals surface area (Å²) in [6.07, 6.45) is 4.57. The van der Waals surface area contributed by atoms with Crippen LogP contribution in [0.3, 0.4) is 0 Å². The zero-order valence-electron chi connectivity index (χ0n) is 14.9. The molecule has 0 spiro atoms. The highest BCUT2D eigenvalue weighted by atomic mass is 16.5. The highest BCUT2D eigenvalue weighted by molar-refractivity contribution is 6.01. The SMILES string of the molecule is CCN(CC)c1ccc(NC(=O)c2nc(-c3cnccn3)no2)c(C)c1. The molecule has 0 aliphatic rings. The summed E-state index contributed by atoms with van der Waals surface area (Å²) in [7, 11) is 0. The summed E-state index contributed by atoms with van der Waals surface area (Å²) in [5.74, 6) is -0.374. The number of aryl methyl sites for hydroxylation is 1. The Morgan fingerprint density at radius 3 is 2.69 bits per heavy atom. The lowest BCUT2D eigenvalue weighted by molar-refractivity contribution is 0.0981. The maximum atomic E-state index is 12.4. The molecule has 0 aliphatic carbocycles. The van der Waals surface area contributed by atoms with Gasteiger partial charge in [0.15, 0.2) is 0 Å². The monoisotopic (exact) mass is 352 g/mol. The molecule has 3 rings (SSSR count). The van der Waals surface area contributed by atoms with E-state index in [0.717, 1.165) is 24.3 Å². The Morgan fingerprint density at radius 2 is 2.04 bits per heavy atom. The first kappa shape index (κ1) is 17.5. The minimum absolute atomic E-state index is 0.127. The Balaban J connectivity index is 1.75. The van der Waals surface area contributed by atoms with E-state index in [1.165, 1.54) is 12.4 Å². The van der Waals surface area contributed by atoms with Crippen LogP contribution in [0, 0.1) is 6.92 Å². The molecule has 2 aromatic heterocycles. The van der Waals surface area contributed by atoms with Crippen molar-refractivity contribution in [1.82, 2.24) is 20.1 Å². The third kappa shape index (κ3) is 3.69. The first-order chi connectivity index (χ1) is 12.6. The van der Waals surface area contributed by atoms with Crippen LogP contribution < -0.4 is 10.2 Å². The summed E-state index contributed by atoms with van der Waals surface area (Å²) in [6, 6.07) is 5.90. The fourth-order valence-electron chi connectivity index (χ4n) is 2.58. The number of nitrogens with zero attached hydrogens (tertiary/aromatic N) is 5. The molecule has 8 heteroatoms. The summed E-state index contributed by atoms with van der Waals surface area (Å²) >= 11 is 0. The van der Waals surface area contributed by atoms with Crippen molar-refractivity contribution in [3.63, 3.8) is 0 Å². The predicted molar refractivity (Wildman–Crippen MR) is 98.0 cm³/mol. The molecule has 1 amide bonds. The zero-order valence-corrected chi connectivity index (χ0v) is 14.9. The number of benzene rings is 1. The average molecular weight is 352 g/mol. The highest BCUT2D eigenvalue weighted by Crippen LogP contribution is 2.23. The van der Waals surface area contributed by atoms with E-state index >= 15 is 0 Å². The van der Waals surface area contributed by atoms with Gasteiger partial charge in [0, 0.05) is 36.9 Å². The number of aromatic nitrogens is 4. The summed E-state index contributed by atoms with van der Waals surface area (Å²) in [5, 5.41) is 6.58. The van der Waals surface area contributed by atoms with E-state index in [2.05, 4.69) is 44.2 Å². The highest BCUT2D eigenvalue weighted by Gasteiger charge is 2.18. The van der Waals surface area contributed by atoms with Gasteiger partial charge in [-0.15, -0.1) is 0 Å². The Bertz CT molecular complexity index is 890. The lowest BCUT2D eigenvalue weighted by Gasteiger charge is -2.22. The van der Waals surface area contributed by atoms with Gasteiger partial charge in [0.1, 0.15) is 5.69 Å². The molecule has 0 atom stereocenters. The van der Waals surface area contributed by atoms with E-state index in [1.807, 2.05) is 25.1 Å². The van der Waals surface area contributed by atoms with Gasteiger partial charge in [-0.05, 0) is 44.5 Å². The average Bonchev–Trinajstić information content (AvgIpc) is 3.16. The first-order valence-corrected chi connectivity index (χ1v) is 8.39.